The number of nitrogens with one attached hydrogen (secondary N) is 1. The normalized spacial score (nSPS) is 11.1. The zero-order valence-corrected chi connectivity index (χ0v) is 14.3. The van der Waals surface area contributed by atoms with E-state index in [0.29, 0.717) is 6.04 Å². The molecule has 0 aromatic heterocycles. The van der Waals surface area contributed by atoms with Gasteiger partial charge in [-0.05, 0) is 45.0 Å². The van der Waals surface area contributed by atoms with E-state index in [1.165, 1.54) is 35.0 Å². The van der Waals surface area contributed by atoms with Gasteiger partial charge in [-0.15, -0.1) is 0 Å². The van der Waals surface area contributed by atoms with Gasteiger partial charge in [-0.2, -0.15) is 0 Å². The summed E-state index contributed by atoms with van der Waals surface area (Å²) in [7, 11) is 1.98. The average Bonchev–Trinajstić information content (AvgIpc) is 2.37. The van der Waals surface area contributed by atoms with Crippen LogP contribution in [0, 0.1) is 0 Å². The molecule has 0 radical (unpaired) electrons. The molecule has 1 aromatic carbocycles. The van der Waals surface area contributed by atoms with Crippen molar-refractivity contribution in [2.75, 3.05) is 18.5 Å². The van der Waals surface area contributed by atoms with Gasteiger partial charge in [-0.25, -0.2) is 0 Å². The summed E-state index contributed by atoms with van der Waals surface area (Å²) in [4.78, 5) is 2.49. The summed E-state index contributed by atoms with van der Waals surface area (Å²) in [5, 5.41) is 3.19. The predicted octanol–water partition coefficient (Wildman–Crippen LogP) is 4.57. The fourth-order valence-electron chi connectivity index (χ4n) is 2.27. The van der Waals surface area contributed by atoms with Gasteiger partial charge in [0.05, 0.1) is 0 Å². The molecule has 0 aliphatic carbocycles. The molecule has 1 N–H and O–H groups in total. The molecule has 0 saturated heterocycles. The summed E-state index contributed by atoms with van der Waals surface area (Å²) < 4.78 is 1.19. The highest BCUT2D eigenvalue weighted by molar-refractivity contribution is 9.10. The van der Waals surface area contributed by atoms with E-state index in [2.05, 4.69) is 65.1 Å². The van der Waals surface area contributed by atoms with Crippen LogP contribution in [-0.4, -0.2) is 19.6 Å². The summed E-state index contributed by atoms with van der Waals surface area (Å²) in [6.45, 7) is 8.83. The first-order chi connectivity index (χ1) is 9.10. The molecule has 2 nitrogen and oxygen atoms in total. The van der Waals surface area contributed by atoms with Gasteiger partial charge in [-0.3, -0.25) is 0 Å². The van der Waals surface area contributed by atoms with E-state index in [-0.39, 0.29) is 0 Å². The van der Waals surface area contributed by atoms with Crippen molar-refractivity contribution in [1.82, 2.24) is 5.32 Å². The first kappa shape index (κ1) is 16.5. The van der Waals surface area contributed by atoms with Gasteiger partial charge in [0.2, 0.25) is 0 Å². The Morgan fingerprint density at radius 1 is 1.26 bits per heavy atom. The van der Waals surface area contributed by atoms with Crippen molar-refractivity contribution in [3.8, 4) is 0 Å². The van der Waals surface area contributed by atoms with E-state index in [1.54, 1.807) is 0 Å². The smallest absolute Gasteiger partial charge is 0.0380 e. The van der Waals surface area contributed by atoms with Crippen molar-refractivity contribution in [3.63, 3.8) is 0 Å². The van der Waals surface area contributed by atoms with Gasteiger partial charge in [0.1, 0.15) is 0 Å². The lowest BCUT2D eigenvalue weighted by molar-refractivity contribution is 0.625. The first-order valence-electron chi connectivity index (χ1n) is 7.29. The van der Waals surface area contributed by atoms with Crippen LogP contribution in [0.25, 0.3) is 0 Å². The lowest BCUT2D eigenvalue weighted by Crippen LogP contribution is -2.31. The molecule has 1 rings (SSSR count). The summed E-state index contributed by atoms with van der Waals surface area (Å²) in [5.74, 6) is 0. The molecule has 19 heavy (non-hydrogen) atoms. The third-order valence-corrected chi connectivity index (χ3v) is 4.10. The second-order valence-electron chi connectivity index (χ2n) is 5.30. The van der Waals surface area contributed by atoms with E-state index in [4.69, 9.17) is 0 Å². The van der Waals surface area contributed by atoms with E-state index >= 15 is 0 Å². The number of rotatable bonds is 8. The number of benzene rings is 1. The maximum Gasteiger partial charge on any atom is 0.0380 e. The monoisotopic (exact) mass is 326 g/mol. The SMILES string of the molecule is CCCCCN(c1ccc(CNC)c(Br)c1)C(C)C. The molecule has 0 bridgehead atoms. The minimum Gasteiger partial charge on any atom is -0.369 e. The van der Waals surface area contributed by atoms with E-state index in [0.717, 1.165) is 13.1 Å². The molecule has 3 heteroatoms. The molecule has 108 valence electrons. The first-order valence-corrected chi connectivity index (χ1v) is 8.09. The largest absolute Gasteiger partial charge is 0.369 e. The van der Waals surface area contributed by atoms with E-state index in [9.17, 15) is 0 Å². The van der Waals surface area contributed by atoms with Gasteiger partial charge in [0, 0.05) is 29.3 Å². The van der Waals surface area contributed by atoms with Crippen molar-refractivity contribution in [2.45, 2.75) is 52.6 Å². The van der Waals surface area contributed by atoms with Gasteiger partial charge < -0.3 is 10.2 Å². The van der Waals surface area contributed by atoms with Gasteiger partial charge >= 0.3 is 0 Å². The summed E-state index contributed by atoms with van der Waals surface area (Å²) in [6, 6.07) is 7.24. The van der Waals surface area contributed by atoms with Crippen LogP contribution in [0.1, 0.15) is 45.6 Å². The van der Waals surface area contributed by atoms with Crippen molar-refractivity contribution < 1.29 is 0 Å². The van der Waals surface area contributed by atoms with Gasteiger partial charge in [0.25, 0.3) is 0 Å². The Morgan fingerprint density at radius 3 is 2.53 bits per heavy atom. The number of unbranched alkanes of at least 4 members (excludes halogenated alkanes) is 2. The van der Waals surface area contributed by atoms with Crippen LogP contribution in [-0.2, 0) is 6.54 Å². The molecule has 0 aliphatic heterocycles. The van der Waals surface area contributed by atoms with E-state index in [1.807, 2.05) is 7.05 Å². The number of hydrogen-bond acceptors (Lipinski definition) is 2. The maximum atomic E-state index is 3.68. The Hall–Kier alpha value is -0.540. The van der Waals surface area contributed by atoms with Crippen molar-refractivity contribution in [1.29, 1.82) is 0 Å². The Bertz CT molecular complexity index is 377. The molecule has 0 heterocycles. The Morgan fingerprint density at radius 2 is 2.00 bits per heavy atom. The highest BCUT2D eigenvalue weighted by Gasteiger charge is 2.11. The summed E-state index contributed by atoms with van der Waals surface area (Å²) >= 11 is 3.68. The third kappa shape index (κ3) is 5.15. The standard InChI is InChI=1S/C16H27BrN2/c1-5-6-7-10-19(13(2)3)15-9-8-14(12-18-4)16(17)11-15/h8-9,11,13,18H,5-7,10,12H2,1-4H3. The summed E-state index contributed by atoms with van der Waals surface area (Å²) in [6.07, 6.45) is 3.85. The minimum atomic E-state index is 0.541. The Labute approximate surface area is 126 Å². The number of nitrogens with zero attached hydrogens (tertiary/aromatic N) is 1. The van der Waals surface area contributed by atoms with Crippen LogP contribution < -0.4 is 10.2 Å². The maximum absolute atomic E-state index is 3.68. The van der Waals surface area contributed by atoms with Crippen LogP contribution in [0.5, 0.6) is 0 Å². The molecule has 0 aliphatic rings. The van der Waals surface area contributed by atoms with E-state index < -0.39 is 0 Å². The van der Waals surface area contributed by atoms with Crippen LogP contribution in [0.15, 0.2) is 22.7 Å². The molecule has 0 amide bonds. The molecule has 0 atom stereocenters. The fraction of sp³-hybridized carbons (Fsp3) is 0.625. The molecular formula is C16H27BrN2. The predicted molar refractivity (Wildman–Crippen MR) is 88.9 cm³/mol. The van der Waals surface area contributed by atoms with Crippen LogP contribution in [0.2, 0.25) is 0 Å². The van der Waals surface area contributed by atoms with Crippen LogP contribution >= 0.6 is 15.9 Å². The quantitative estimate of drug-likeness (QED) is 0.704. The van der Waals surface area contributed by atoms with Gasteiger partial charge in [0.15, 0.2) is 0 Å². The Balaban J connectivity index is 2.81. The highest BCUT2D eigenvalue weighted by Crippen LogP contribution is 2.26. The molecule has 0 unspecified atom stereocenters. The van der Waals surface area contributed by atoms with Gasteiger partial charge in [-0.1, -0.05) is 41.8 Å². The minimum absolute atomic E-state index is 0.541. The zero-order valence-electron chi connectivity index (χ0n) is 12.7. The molecular weight excluding hydrogens is 300 g/mol. The number of halogens is 1. The highest BCUT2D eigenvalue weighted by atomic mass is 79.9. The topological polar surface area (TPSA) is 15.3 Å². The number of hydrogen-bond donors (Lipinski definition) is 1. The van der Waals surface area contributed by atoms with Crippen molar-refractivity contribution >= 4 is 21.6 Å². The van der Waals surface area contributed by atoms with Crippen molar-refractivity contribution in [2.24, 2.45) is 0 Å². The Kier molecular flexibility index (Phi) is 7.47. The van der Waals surface area contributed by atoms with Crippen molar-refractivity contribution in [3.05, 3.63) is 28.2 Å². The third-order valence-electron chi connectivity index (χ3n) is 3.36. The fourth-order valence-corrected chi connectivity index (χ4v) is 2.77. The number of anilines is 1. The molecule has 1 aromatic rings. The molecule has 0 saturated carbocycles. The lowest BCUT2D eigenvalue weighted by Gasteiger charge is -2.29. The second-order valence-corrected chi connectivity index (χ2v) is 6.15. The lowest BCUT2D eigenvalue weighted by atomic mass is 10.1. The molecule has 0 fully saturated rings. The summed E-state index contributed by atoms with van der Waals surface area (Å²) in [5.41, 5.74) is 2.63. The molecule has 0 spiro atoms. The second kappa shape index (κ2) is 8.60. The average molecular weight is 327 g/mol. The zero-order chi connectivity index (χ0) is 14.3. The van der Waals surface area contributed by atoms with Crippen LogP contribution in [0.3, 0.4) is 0 Å². The van der Waals surface area contributed by atoms with Crippen LogP contribution in [0.4, 0.5) is 5.69 Å².